The summed E-state index contributed by atoms with van der Waals surface area (Å²) in [5.41, 5.74) is 0. The van der Waals surface area contributed by atoms with Crippen LogP contribution in [-0.4, -0.2) is 30.1 Å². The van der Waals surface area contributed by atoms with Crippen molar-refractivity contribution in [2.45, 2.75) is 122 Å². The van der Waals surface area contributed by atoms with E-state index in [1.54, 1.807) is 0 Å². The molecule has 0 radical (unpaired) electrons. The highest BCUT2D eigenvalue weighted by atomic mass is 15.4. The topological polar surface area (TPSA) is 6.48 Å². The Morgan fingerprint density at radius 1 is 0.520 bits per heavy atom. The van der Waals surface area contributed by atoms with E-state index in [0.717, 1.165) is 0 Å². The highest BCUT2D eigenvalue weighted by molar-refractivity contribution is 4.93. The first-order valence-corrected chi connectivity index (χ1v) is 11.4. The smallest absolute Gasteiger partial charge is 0.100 e. The minimum Gasteiger partial charge on any atom is -0.359 e. The van der Waals surface area contributed by atoms with Gasteiger partial charge in [0, 0.05) is 26.5 Å². The van der Waals surface area contributed by atoms with Crippen molar-refractivity contribution in [1.82, 2.24) is 9.80 Å². The Balaban J connectivity index is 1.72. The molecule has 1 rings (SSSR count). The molecule has 148 valence electrons. The van der Waals surface area contributed by atoms with E-state index < -0.39 is 0 Å². The summed E-state index contributed by atoms with van der Waals surface area (Å²) in [5, 5.41) is 0. The molecule has 0 aromatic rings. The summed E-state index contributed by atoms with van der Waals surface area (Å²) in [6.45, 7) is 2.30. The summed E-state index contributed by atoms with van der Waals surface area (Å²) in [5.74, 6) is 0. The van der Waals surface area contributed by atoms with Crippen LogP contribution in [0.2, 0.25) is 0 Å². The van der Waals surface area contributed by atoms with Gasteiger partial charge in [-0.2, -0.15) is 0 Å². The Hall–Kier alpha value is -0.660. The third-order valence-corrected chi connectivity index (χ3v) is 5.79. The number of hydrogen-bond acceptors (Lipinski definition) is 2. The fourth-order valence-electron chi connectivity index (χ4n) is 3.98. The van der Waals surface area contributed by atoms with E-state index in [9.17, 15) is 0 Å². The molecule has 25 heavy (non-hydrogen) atoms. The molecule has 0 N–H and O–H groups in total. The zero-order valence-corrected chi connectivity index (χ0v) is 17.6. The Morgan fingerprint density at radius 3 is 1.20 bits per heavy atom. The number of unbranched alkanes of at least 4 members (excludes halogenated alkanes) is 15. The van der Waals surface area contributed by atoms with Crippen LogP contribution in [0.5, 0.6) is 0 Å². The zero-order chi connectivity index (χ0) is 18.2. The molecule has 0 bridgehead atoms. The van der Waals surface area contributed by atoms with Crippen LogP contribution in [0.1, 0.15) is 116 Å². The van der Waals surface area contributed by atoms with E-state index in [1.165, 1.54) is 109 Å². The van der Waals surface area contributed by atoms with E-state index >= 15 is 0 Å². The molecule has 0 atom stereocenters. The summed E-state index contributed by atoms with van der Waals surface area (Å²) in [4.78, 5) is 4.68. The van der Waals surface area contributed by atoms with Gasteiger partial charge in [-0.15, -0.1) is 0 Å². The first-order valence-electron chi connectivity index (χ1n) is 11.4. The average molecular weight is 351 g/mol. The minimum absolute atomic E-state index is 0.603. The third-order valence-electron chi connectivity index (χ3n) is 5.79. The molecular formula is C23H46N2. The molecular weight excluding hydrogens is 304 g/mol. The Labute approximate surface area is 159 Å². The van der Waals surface area contributed by atoms with Crippen molar-refractivity contribution in [2.24, 2.45) is 0 Å². The quantitative estimate of drug-likeness (QED) is 0.254. The SMILES string of the molecule is CCCCCCCCCCCCCCCCCCC1N(C)C=CN1C. The van der Waals surface area contributed by atoms with Crippen LogP contribution in [0.15, 0.2) is 12.4 Å². The second kappa shape index (κ2) is 15.6. The molecule has 0 aromatic carbocycles. The Bertz CT molecular complexity index is 301. The number of hydrogen-bond donors (Lipinski definition) is 0. The van der Waals surface area contributed by atoms with Crippen molar-refractivity contribution >= 4 is 0 Å². The monoisotopic (exact) mass is 350 g/mol. The van der Waals surface area contributed by atoms with Crippen molar-refractivity contribution in [3.05, 3.63) is 12.4 Å². The predicted molar refractivity (Wildman–Crippen MR) is 113 cm³/mol. The molecule has 0 saturated carbocycles. The molecule has 2 nitrogen and oxygen atoms in total. The molecule has 0 spiro atoms. The summed E-state index contributed by atoms with van der Waals surface area (Å²) in [6.07, 6.45) is 29.5. The summed E-state index contributed by atoms with van der Waals surface area (Å²) in [7, 11) is 4.38. The van der Waals surface area contributed by atoms with Crippen LogP contribution in [0.4, 0.5) is 0 Å². The van der Waals surface area contributed by atoms with Gasteiger partial charge in [-0.25, -0.2) is 0 Å². The molecule has 0 aromatic heterocycles. The molecule has 1 heterocycles. The van der Waals surface area contributed by atoms with Gasteiger partial charge in [-0.1, -0.05) is 103 Å². The van der Waals surface area contributed by atoms with Gasteiger partial charge < -0.3 is 9.80 Å². The van der Waals surface area contributed by atoms with Crippen LogP contribution in [0.3, 0.4) is 0 Å². The van der Waals surface area contributed by atoms with Gasteiger partial charge in [0.05, 0.1) is 0 Å². The van der Waals surface area contributed by atoms with E-state index in [2.05, 4.69) is 43.2 Å². The number of rotatable bonds is 17. The lowest BCUT2D eigenvalue weighted by molar-refractivity contribution is 0.188. The zero-order valence-electron chi connectivity index (χ0n) is 17.6. The molecule has 2 heteroatoms. The summed E-state index contributed by atoms with van der Waals surface area (Å²) >= 11 is 0. The Kier molecular flexibility index (Phi) is 14.0. The molecule has 0 aliphatic carbocycles. The van der Waals surface area contributed by atoms with Crippen molar-refractivity contribution < 1.29 is 0 Å². The summed E-state index contributed by atoms with van der Waals surface area (Å²) in [6, 6.07) is 0. The van der Waals surface area contributed by atoms with Gasteiger partial charge in [-0.3, -0.25) is 0 Å². The van der Waals surface area contributed by atoms with Crippen LogP contribution >= 0.6 is 0 Å². The maximum atomic E-state index is 2.34. The molecule has 0 fully saturated rings. The first-order chi connectivity index (χ1) is 12.3. The van der Waals surface area contributed by atoms with Gasteiger partial charge in [0.1, 0.15) is 6.17 Å². The average Bonchev–Trinajstić information content (AvgIpc) is 2.93. The maximum Gasteiger partial charge on any atom is 0.100 e. The van der Waals surface area contributed by atoms with E-state index in [1.807, 2.05) is 0 Å². The van der Waals surface area contributed by atoms with Crippen LogP contribution < -0.4 is 0 Å². The van der Waals surface area contributed by atoms with Crippen molar-refractivity contribution in [2.75, 3.05) is 14.1 Å². The van der Waals surface area contributed by atoms with Crippen molar-refractivity contribution in [3.8, 4) is 0 Å². The van der Waals surface area contributed by atoms with Gasteiger partial charge in [0.15, 0.2) is 0 Å². The fourth-order valence-corrected chi connectivity index (χ4v) is 3.98. The van der Waals surface area contributed by atoms with Crippen LogP contribution in [0.25, 0.3) is 0 Å². The molecule has 1 aliphatic heterocycles. The van der Waals surface area contributed by atoms with E-state index in [-0.39, 0.29) is 0 Å². The second-order valence-electron chi connectivity index (χ2n) is 8.20. The van der Waals surface area contributed by atoms with Crippen LogP contribution in [-0.2, 0) is 0 Å². The molecule has 0 unspecified atom stereocenters. The molecule has 0 saturated heterocycles. The van der Waals surface area contributed by atoms with Gasteiger partial charge in [-0.05, 0) is 12.8 Å². The first kappa shape index (κ1) is 22.4. The number of nitrogens with zero attached hydrogens (tertiary/aromatic N) is 2. The lowest BCUT2D eigenvalue weighted by Crippen LogP contribution is -2.33. The normalized spacial score (nSPS) is 14.8. The lowest BCUT2D eigenvalue weighted by atomic mass is 10.0. The minimum atomic E-state index is 0.603. The van der Waals surface area contributed by atoms with Gasteiger partial charge in [0.25, 0.3) is 0 Å². The fraction of sp³-hybridized carbons (Fsp3) is 0.913. The standard InChI is InChI=1S/C23H46N2/c1-4-5-6-7-8-9-10-11-12-13-14-15-16-17-18-19-20-23-24(2)21-22-25(23)3/h21-23H,4-20H2,1-3H3. The second-order valence-corrected chi connectivity index (χ2v) is 8.20. The highest BCUT2D eigenvalue weighted by Crippen LogP contribution is 2.19. The maximum absolute atomic E-state index is 2.34. The predicted octanol–water partition coefficient (Wildman–Crippen LogP) is 7.31. The van der Waals surface area contributed by atoms with Crippen molar-refractivity contribution in [3.63, 3.8) is 0 Å². The van der Waals surface area contributed by atoms with Gasteiger partial charge in [0.2, 0.25) is 0 Å². The largest absolute Gasteiger partial charge is 0.359 e. The lowest BCUT2D eigenvalue weighted by Gasteiger charge is -2.27. The molecule has 1 aliphatic rings. The van der Waals surface area contributed by atoms with Gasteiger partial charge >= 0.3 is 0 Å². The van der Waals surface area contributed by atoms with E-state index in [4.69, 9.17) is 0 Å². The third kappa shape index (κ3) is 11.5. The van der Waals surface area contributed by atoms with Crippen molar-refractivity contribution in [1.29, 1.82) is 0 Å². The molecule has 0 amide bonds. The van der Waals surface area contributed by atoms with Crippen LogP contribution in [0, 0.1) is 0 Å². The van der Waals surface area contributed by atoms with E-state index in [0.29, 0.717) is 6.17 Å². The highest BCUT2D eigenvalue weighted by Gasteiger charge is 2.18. The summed E-state index contributed by atoms with van der Waals surface area (Å²) < 4.78 is 0. The Morgan fingerprint density at radius 2 is 0.840 bits per heavy atom.